The van der Waals surface area contributed by atoms with Crippen molar-refractivity contribution in [3.8, 4) is 0 Å². The molecule has 1 fully saturated rings. The van der Waals surface area contributed by atoms with Gasteiger partial charge in [-0.2, -0.15) is 0 Å². The summed E-state index contributed by atoms with van der Waals surface area (Å²) in [5.74, 6) is 0.205. The van der Waals surface area contributed by atoms with E-state index in [4.69, 9.17) is 0 Å². The maximum atomic E-state index is 12.6. The Bertz CT molecular complexity index is 620. The lowest BCUT2D eigenvalue weighted by Gasteiger charge is -2.25. The first kappa shape index (κ1) is 21.4. The molecule has 0 heterocycles. The molecule has 27 heavy (non-hydrogen) atoms. The summed E-state index contributed by atoms with van der Waals surface area (Å²) < 4.78 is 0. The molecule has 5 heteroatoms. The lowest BCUT2D eigenvalue weighted by Crippen LogP contribution is -2.39. The molecule has 1 aromatic carbocycles. The van der Waals surface area contributed by atoms with Gasteiger partial charge in [0.2, 0.25) is 11.8 Å². The van der Waals surface area contributed by atoms with Crippen LogP contribution in [0, 0.1) is 13.8 Å². The molecule has 0 atom stereocenters. The van der Waals surface area contributed by atoms with Gasteiger partial charge < -0.3 is 10.2 Å². The van der Waals surface area contributed by atoms with E-state index in [0.717, 1.165) is 55.6 Å². The normalized spacial score (nSPS) is 13.7. The van der Waals surface area contributed by atoms with Crippen LogP contribution in [0.3, 0.4) is 0 Å². The lowest BCUT2D eigenvalue weighted by atomic mass is 10.1. The number of unbranched alkanes of at least 4 members (excludes halogenated alkanes) is 1. The third-order valence-electron chi connectivity index (χ3n) is 5.28. The molecule has 1 aliphatic rings. The van der Waals surface area contributed by atoms with Crippen LogP contribution >= 0.6 is 0 Å². The van der Waals surface area contributed by atoms with E-state index in [0.29, 0.717) is 25.6 Å². The Kier molecular flexibility index (Phi) is 8.29. The lowest BCUT2D eigenvalue weighted by molar-refractivity contribution is -0.131. The third kappa shape index (κ3) is 6.65. The average molecular weight is 374 g/mol. The van der Waals surface area contributed by atoms with E-state index < -0.39 is 0 Å². The van der Waals surface area contributed by atoms with Gasteiger partial charge >= 0.3 is 0 Å². The highest BCUT2D eigenvalue weighted by Gasteiger charge is 2.30. The number of nitrogens with zero attached hydrogens (tertiary/aromatic N) is 2. The Morgan fingerprint density at radius 1 is 1.11 bits per heavy atom. The molecule has 150 valence electrons. The number of amides is 2. The van der Waals surface area contributed by atoms with Crippen LogP contribution in [0.4, 0.5) is 5.69 Å². The van der Waals surface area contributed by atoms with E-state index in [-0.39, 0.29) is 11.8 Å². The Labute approximate surface area is 164 Å². The molecule has 2 rings (SSSR count). The molecule has 2 amide bonds. The molecule has 0 aliphatic heterocycles. The van der Waals surface area contributed by atoms with E-state index in [9.17, 15) is 9.59 Å². The fourth-order valence-corrected chi connectivity index (χ4v) is 3.41. The molecule has 0 spiro atoms. The summed E-state index contributed by atoms with van der Waals surface area (Å²) in [4.78, 5) is 29.2. The van der Waals surface area contributed by atoms with Crippen molar-refractivity contribution >= 4 is 17.5 Å². The first-order valence-electron chi connectivity index (χ1n) is 10.3. The van der Waals surface area contributed by atoms with Gasteiger partial charge in [-0.15, -0.1) is 0 Å². The number of anilines is 1. The summed E-state index contributed by atoms with van der Waals surface area (Å²) in [5, 5.41) is 3.07. The fourth-order valence-electron chi connectivity index (χ4n) is 3.41. The maximum absolute atomic E-state index is 12.6. The summed E-state index contributed by atoms with van der Waals surface area (Å²) in [6.07, 6.45) is 4.88. The predicted molar refractivity (Wildman–Crippen MR) is 111 cm³/mol. The van der Waals surface area contributed by atoms with Crippen molar-refractivity contribution in [3.05, 3.63) is 29.3 Å². The molecule has 0 saturated heterocycles. The second-order valence-corrected chi connectivity index (χ2v) is 7.59. The fraction of sp³-hybridized carbons (Fsp3) is 0.636. The molecular formula is C22H35N3O2. The summed E-state index contributed by atoms with van der Waals surface area (Å²) in [6, 6.07) is 6.47. The second-order valence-electron chi connectivity index (χ2n) is 7.59. The van der Waals surface area contributed by atoms with Gasteiger partial charge in [0.05, 0.1) is 6.54 Å². The first-order valence-corrected chi connectivity index (χ1v) is 10.3. The van der Waals surface area contributed by atoms with Crippen LogP contribution in [-0.2, 0) is 9.59 Å². The molecule has 0 radical (unpaired) electrons. The van der Waals surface area contributed by atoms with Gasteiger partial charge in [0.1, 0.15) is 0 Å². The smallest absolute Gasteiger partial charge is 0.238 e. The van der Waals surface area contributed by atoms with E-state index >= 15 is 0 Å². The third-order valence-corrected chi connectivity index (χ3v) is 5.28. The Balaban J connectivity index is 1.88. The van der Waals surface area contributed by atoms with Gasteiger partial charge in [-0.25, -0.2) is 0 Å². The molecule has 1 aromatic rings. The zero-order valence-electron chi connectivity index (χ0n) is 17.4. The van der Waals surface area contributed by atoms with Gasteiger partial charge in [0, 0.05) is 37.8 Å². The highest BCUT2D eigenvalue weighted by Crippen LogP contribution is 2.27. The van der Waals surface area contributed by atoms with Gasteiger partial charge in [-0.05, 0) is 51.2 Å². The summed E-state index contributed by atoms with van der Waals surface area (Å²) >= 11 is 0. The predicted octanol–water partition coefficient (Wildman–Crippen LogP) is 3.75. The quantitative estimate of drug-likeness (QED) is 0.643. The topological polar surface area (TPSA) is 52.7 Å². The average Bonchev–Trinajstić information content (AvgIpc) is 3.47. The minimum Gasteiger partial charge on any atom is -0.343 e. The molecule has 5 nitrogen and oxygen atoms in total. The SMILES string of the molecule is CCCCN(CC)C(=O)CCN(CC(=O)Nc1c(C)cccc1C)C1CC1. The van der Waals surface area contributed by atoms with Crippen LogP contribution in [0.15, 0.2) is 18.2 Å². The number of rotatable bonds is 11. The number of carbonyl (C=O) groups is 2. The standard InChI is InChI=1S/C22H35N3O2/c1-5-7-14-24(6-2)21(27)13-15-25(19-11-12-19)16-20(26)23-22-17(3)9-8-10-18(22)4/h8-10,19H,5-7,11-16H2,1-4H3,(H,23,26). The molecule has 1 aliphatic carbocycles. The number of hydrogen-bond acceptors (Lipinski definition) is 3. The molecule has 1 N–H and O–H groups in total. The number of para-hydroxylation sites is 1. The number of hydrogen-bond donors (Lipinski definition) is 1. The van der Waals surface area contributed by atoms with E-state index in [1.54, 1.807) is 0 Å². The zero-order chi connectivity index (χ0) is 19.8. The van der Waals surface area contributed by atoms with Gasteiger partial charge in [-0.1, -0.05) is 31.5 Å². The highest BCUT2D eigenvalue weighted by molar-refractivity contribution is 5.93. The van der Waals surface area contributed by atoms with Crippen LogP contribution in [0.1, 0.15) is 57.1 Å². The van der Waals surface area contributed by atoms with Crippen LogP contribution in [0.25, 0.3) is 0 Å². The minimum atomic E-state index is 0.00470. The Morgan fingerprint density at radius 3 is 2.33 bits per heavy atom. The van der Waals surface area contributed by atoms with Gasteiger partial charge in [-0.3, -0.25) is 14.5 Å². The van der Waals surface area contributed by atoms with Crippen molar-refractivity contribution in [2.24, 2.45) is 0 Å². The number of benzene rings is 1. The number of nitrogens with one attached hydrogen (secondary N) is 1. The van der Waals surface area contributed by atoms with Gasteiger partial charge in [0.25, 0.3) is 0 Å². The summed E-state index contributed by atoms with van der Waals surface area (Å²) in [6.45, 7) is 10.8. The number of carbonyl (C=O) groups excluding carboxylic acids is 2. The molecule has 0 aromatic heterocycles. The van der Waals surface area contributed by atoms with Crippen molar-refractivity contribution in [1.29, 1.82) is 0 Å². The van der Waals surface area contributed by atoms with E-state index in [1.165, 1.54) is 0 Å². The Morgan fingerprint density at radius 2 is 1.78 bits per heavy atom. The van der Waals surface area contributed by atoms with Crippen molar-refractivity contribution < 1.29 is 9.59 Å². The highest BCUT2D eigenvalue weighted by atomic mass is 16.2. The van der Waals surface area contributed by atoms with Crippen LogP contribution < -0.4 is 5.32 Å². The van der Waals surface area contributed by atoms with Gasteiger partial charge in [0.15, 0.2) is 0 Å². The summed E-state index contributed by atoms with van der Waals surface area (Å²) in [5.41, 5.74) is 3.06. The van der Waals surface area contributed by atoms with Crippen molar-refractivity contribution in [2.45, 2.75) is 65.8 Å². The minimum absolute atomic E-state index is 0.00470. The zero-order valence-corrected chi connectivity index (χ0v) is 17.4. The number of aryl methyl sites for hydroxylation is 2. The molecule has 0 bridgehead atoms. The summed E-state index contributed by atoms with van der Waals surface area (Å²) in [7, 11) is 0. The largest absolute Gasteiger partial charge is 0.343 e. The van der Waals surface area contributed by atoms with Crippen LogP contribution in [0.5, 0.6) is 0 Å². The Hall–Kier alpha value is -1.88. The second kappa shape index (κ2) is 10.5. The first-order chi connectivity index (χ1) is 13.0. The van der Waals surface area contributed by atoms with Crippen molar-refractivity contribution in [1.82, 2.24) is 9.80 Å². The molecular weight excluding hydrogens is 338 g/mol. The molecule has 1 saturated carbocycles. The van der Waals surface area contributed by atoms with Crippen molar-refractivity contribution in [3.63, 3.8) is 0 Å². The van der Waals surface area contributed by atoms with Crippen LogP contribution in [-0.4, -0.2) is 53.8 Å². The van der Waals surface area contributed by atoms with Crippen molar-refractivity contribution in [2.75, 3.05) is 31.5 Å². The van der Waals surface area contributed by atoms with E-state index in [2.05, 4.69) is 17.1 Å². The maximum Gasteiger partial charge on any atom is 0.238 e. The van der Waals surface area contributed by atoms with E-state index in [1.807, 2.05) is 43.9 Å². The monoisotopic (exact) mass is 373 g/mol. The molecule has 0 unspecified atom stereocenters. The van der Waals surface area contributed by atoms with Crippen LogP contribution in [0.2, 0.25) is 0 Å².